The summed E-state index contributed by atoms with van der Waals surface area (Å²) in [4.78, 5) is 6.66. The molecule has 1 rings (SSSR count). The molecule has 0 saturated carbocycles. The number of rotatable bonds is 7. The van der Waals surface area contributed by atoms with Crippen LogP contribution < -0.4 is 10.2 Å². The Morgan fingerprint density at radius 3 is 2.89 bits per heavy atom. The standard InChI is InChI=1S/C15H25N3/c1-6-9-16-13(4)14-8-7-10-17-15(14)18(5)11-12(2)3/h7-8,10,13,16H,2,6,9,11H2,1,3-5H3. The van der Waals surface area contributed by atoms with Crippen molar-refractivity contribution in [2.24, 2.45) is 0 Å². The van der Waals surface area contributed by atoms with Crippen LogP contribution >= 0.6 is 0 Å². The van der Waals surface area contributed by atoms with Crippen molar-refractivity contribution in [1.82, 2.24) is 10.3 Å². The number of anilines is 1. The Bertz CT molecular complexity index is 387. The van der Waals surface area contributed by atoms with Crippen LogP contribution in [0.1, 0.15) is 38.8 Å². The average Bonchev–Trinajstić information content (AvgIpc) is 2.35. The monoisotopic (exact) mass is 247 g/mol. The van der Waals surface area contributed by atoms with Crippen molar-refractivity contribution in [2.75, 3.05) is 25.0 Å². The Balaban J connectivity index is 2.87. The highest BCUT2D eigenvalue weighted by molar-refractivity contribution is 5.48. The van der Waals surface area contributed by atoms with Gasteiger partial charge in [-0.1, -0.05) is 25.1 Å². The van der Waals surface area contributed by atoms with Gasteiger partial charge in [0, 0.05) is 31.4 Å². The van der Waals surface area contributed by atoms with Crippen molar-refractivity contribution in [3.05, 3.63) is 36.0 Å². The zero-order chi connectivity index (χ0) is 13.5. The minimum Gasteiger partial charge on any atom is -0.355 e. The van der Waals surface area contributed by atoms with E-state index in [9.17, 15) is 0 Å². The minimum atomic E-state index is 0.321. The fourth-order valence-electron chi connectivity index (χ4n) is 2.02. The number of pyridine rings is 1. The van der Waals surface area contributed by atoms with Crippen molar-refractivity contribution in [3.8, 4) is 0 Å². The highest BCUT2D eigenvalue weighted by Crippen LogP contribution is 2.23. The van der Waals surface area contributed by atoms with Gasteiger partial charge in [0.1, 0.15) is 5.82 Å². The van der Waals surface area contributed by atoms with Crippen LogP contribution in [0.3, 0.4) is 0 Å². The summed E-state index contributed by atoms with van der Waals surface area (Å²) >= 11 is 0. The highest BCUT2D eigenvalue weighted by atomic mass is 15.2. The lowest BCUT2D eigenvalue weighted by atomic mass is 10.1. The van der Waals surface area contributed by atoms with Gasteiger partial charge in [-0.15, -0.1) is 0 Å². The van der Waals surface area contributed by atoms with Crippen LogP contribution in [0.5, 0.6) is 0 Å². The molecule has 100 valence electrons. The maximum absolute atomic E-state index is 4.51. The molecule has 0 spiro atoms. The van der Waals surface area contributed by atoms with E-state index in [2.05, 4.69) is 48.7 Å². The lowest BCUT2D eigenvalue weighted by molar-refractivity contribution is 0.568. The van der Waals surface area contributed by atoms with Crippen molar-refractivity contribution < 1.29 is 0 Å². The van der Waals surface area contributed by atoms with E-state index in [1.165, 1.54) is 5.56 Å². The van der Waals surface area contributed by atoms with Crippen LogP contribution in [-0.4, -0.2) is 25.1 Å². The molecule has 0 amide bonds. The summed E-state index contributed by atoms with van der Waals surface area (Å²) < 4.78 is 0. The highest BCUT2D eigenvalue weighted by Gasteiger charge is 2.13. The van der Waals surface area contributed by atoms with E-state index in [0.29, 0.717) is 6.04 Å². The van der Waals surface area contributed by atoms with Gasteiger partial charge >= 0.3 is 0 Å². The molecule has 1 aromatic heterocycles. The predicted octanol–water partition coefficient (Wildman–Crippen LogP) is 3.15. The number of hydrogen-bond donors (Lipinski definition) is 1. The second-order valence-corrected chi connectivity index (χ2v) is 4.91. The molecule has 0 aliphatic carbocycles. The van der Waals surface area contributed by atoms with E-state index >= 15 is 0 Å². The minimum absolute atomic E-state index is 0.321. The van der Waals surface area contributed by atoms with E-state index < -0.39 is 0 Å². The van der Waals surface area contributed by atoms with Crippen LogP contribution in [0, 0.1) is 0 Å². The molecule has 0 radical (unpaired) electrons. The van der Waals surface area contributed by atoms with Crippen molar-refractivity contribution in [1.29, 1.82) is 0 Å². The molecule has 3 nitrogen and oxygen atoms in total. The lowest BCUT2D eigenvalue weighted by Gasteiger charge is -2.24. The SMILES string of the molecule is C=C(C)CN(C)c1ncccc1C(C)NCCC. The second-order valence-electron chi connectivity index (χ2n) is 4.91. The molecule has 1 heterocycles. The first-order valence-electron chi connectivity index (χ1n) is 6.60. The molecular formula is C15H25N3. The quantitative estimate of drug-likeness (QED) is 0.750. The Morgan fingerprint density at radius 2 is 2.28 bits per heavy atom. The molecular weight excluding hydrogens is 222 g/mol. The normalized spacial score (nSPS) is 12.2. The van der Waals surface area contributed by atoms with Crippen molar-refractivity contribution in [3.63, 3.8) is 0 Å². The first-order valence-corrected chi connectivity index (χ1v) is 6.60. The molecule has 0 aromatic carbocycles. The zero-order valence-electron chi connectivity index (χ0n) is 12.0. The number of nitrogens with zero attached hydrogens (tertiary/aromatic N) is 2. The third-order valence-corrected chi connectivity index (χ3v) is 2.85. The molecule has 0 saturated heterocycles. The van der Waals surface area contributed by atoms with E-state index in [1.807, 2.05) is 19.2 Å². The molecule has 1 N–H and O–H groups in total. The summed E-state index contributed by atoms with van der Waals surface area (Å²) in [6, 6.07) is 4.46. The smallest absolute Gasteiger partial charge is 0.133 e. The molecule has 1 unspecified atom stereocenters. The largest absolute Gasteiger partial charge is 0.355 e. The summed E-state index contributed by atoms with van der Waals surface area (Å²) in [7, 11) is 2.06. The van der Waals surface area contributed by atoms with Gasteiger partial charge in [-0.3, -0.25) is 0 Å². The summed E-state index contributed by atoms with van der Waals surface area (Å²) in [5, 5.41) is 3.51. The summed E-state index contributed by atoms with van der Waals surface area (Å²) in [5.41, 5.74) is 2.39. The van der Waals surface area contributed by atoms with Crippen molar-refractivity contribution >= 4 is 5.82 Å². The molecule has 0 aliphatic heterocycles. The van der Waals surface area contributed by atoms with Crippen LogP contribution in [-0.2, 0) is 0 Å². The third kappa shape index (κ3) is 4.15. The summed E-state index contributed by atoms with van der Waals surface area (Å²) in [6.07, 6.45) is 2.99. The van der Waals surface area contributed by atoms with Gasteiger partial charge in [-0.2, -0.15) is 0 Å². The van der Waals surface area contributed by atoms with Crippen LogP contribution in [0.25, 0.3) is 0 Å². The molecule has 1 aromatic rings. The molecule has 0 fully saturated rings. The number of likely N-dealkylation sites (N-methyl/N-ethyl adjacent to an activating group) is 1. The lowest BCUT2D eigenvalue weighted by Crippen LogP contribution is -2.26. The van der Waals surface area contributed by atoms with Crippen LogP contribution in [0.2, 0.25) is 0 Å². The molecule has 3 heteroatoms. The summed E-state index contributed by atoms with van der Waals surface area (Å²) in [5.74, 6) is 1.04. The maximum Gasteiger partial charge on any atom is 0.133 e. The van der Waals surface area contributed by atoms with Gasteiger partial charge in [-0.05, 0) is 32.9 Å². The molecule has 0 bridgehead atoms. The second kappa shape index (κ2) is 7.17. The fourth-order valence-corrected chi connectivity index (χ4v) is 2.02. The van der Waals surface area contributed by atoms with Gasteiger partial charge in [0.2, 0.25) is 0 Å². The number of hydrogen-bond acceptors (Lipinski definition) is 3. The van der Waals surface area contributed by atoms with Gasteiger partial charge in [0.15, 0.2) is 0 Å². The fraction of sp³-hybridized carbons (Fsp3) is 0.533. The van der Waals surface area contributed by atoms with E-state index in [-0.39, 0.29) is 0 Å². The zero-order valence-corrected chi connectivity index (χ0v) is 12.0. The molecule has 1 atom stereocenters. The summed E-state index contributed by atoms with van der Waals surface area (Å²) in [6.45, 7) is 12.2. The van der Waals surface area contributed by atoms with Crippen molar-refractivity contribution in [2.45, 2.75) is 33.2 Å². The third-order valence-electron chi connectivity index (χ3n) is 2.85. The average molecular weight is 247 g/mol. The topological polar surface area (TPSA) is 28.2 Å². The van der Waals surface area contributed by atoms with Gasteiger partial charge in [0.05, 0.1) is 0 Å². The first-order chi connectivity index (χ1) is 8.56. The Morgan fingerprint density at radius 1 is 1.56 bits per heavy atom. The Hall–Kier alpha value is -1.35. The Labute approximate surface area is 111 Å². The van der Waals surface area contributed by atoms with Crippen LogP contribution in [0.15, 0.2) is 30.5 Å². The van der Waals surface area contributed by atoms with E-state index in [1.54, 1.807) is 0 Å². The van der Waals surface area contributed by atoms with Crippen LogP contribution in [0.4, 0.5) is 5.82 Å². The molecule has 18 heavy (non-hydrogen) atoms. The van der Waals surface area contributed by atoms with Gasteiger partial charge in [-0.25, -0.2) is 4.98 Å². The molecule has 0 aliphatic rings. The number of aromatic nitrogens is 1. The van der Waals surface area contributed by atoms with E-state index in [4.69, 9.17) is 0 Å². The maximum atomic E-state index is 4.51. The number of nitrogens with one attached hydrogen (secondary N) is 1. The first kappa shape index (κ1) is 14.7. The van der Waals surface area contributed by atoms with Gasteiger partial charge < -0.3 is 10.2 Å². The Kier molecular flexibility index (Phi) is 5.86. The predicted molar refractivity (Wildman–Crippen MR) is 79.0 cm³/mol. The van der Waals surface area contributed by atoms with Gasteiger partial charge in [0.25, 0.3) is 0 Å². The van der Waals surface area contributed by atoms with E-state index in [0.717, 1.165) is 30.9 Å².